The van der Waals surface area contributed by atoms with Crippen molar-refractivity contribution in [3.63, 3.8) is 0 Å². The largest absolute Gasteiger partial charge is 0.500 e. The molecule has 0 radical (unpaired) electrons. The number of allylic oxidation sites excluding steroid dienone is 1. The molecule has 0 spiro atoms. The molecule has 0 heterocycles. The molecule has 0 aromatic heterocycles. The number of nitrogens with one attached hydrogen (secondary N) is 2. The highest BCUT2D eigenvalue weighted by atomic mass is 28.4. The monoisotopic (exact) mass is 542 g/mol. The predicted octanol–water partition coefficient (Wildman–Crippen LogP) is 7.63. The van der Waals surface area contributed by atoms with Crippen LogP contribution in [0.25, 0.3) is 6.08 Å². The van der Waals surface area contributed by atoms with Gasteiger partial charge in [0, 0.05) is 50.1 Å². The van der Waals surface area contributed by atoms with Crippen LogP contribution >= 0.6 is 0 Å². The molecule has 0 amide bonds. The molecule has 0 saturated carbocycles. The van der Waals surface area contributed by atoms with Gasteiger partial charge in [0.1, 0.15) is 0 Å². The van der Waals surface area contributed by atoms with Gasteiger partial charge in [-0.2, -0.15) is 0 Å². The molecule has 0 atom stereocenters. The molecule has 204 valence electrons. The Morgan fingerprint density at radius 3 is 1.49 bits per heavy atom. The van der Waals surface area contributed by atoms with Gasteiger partial charge < -0.3 is 29.0 Å². The van der Waals surface area contributed by atoms with E-state index in [1.807, 2.05) is 84.9 Å². The Morgan fingerprint density at radius 1 is 0.615 bits per heavy atom. The first-order valence-corrected chi connectivity index (χ1v) is 14.8. The van der Waals surface area contributed by atoms with Gasteiger partial charge in [-0.15, -0.1) is 0 Å². The molecule has 7 heteroatoms. The topological polar surface area (TPSA) is 72.0 Å². The van der Waals surface area contributed by atoms with Crippen LogP contribution in [0.1, 0.15) is 17.5 Å². The van der Waals surface area contributed by atoms with E-state index in [4.69, 9.17) is 18.4 Å². The average molecular weight is 543 g/mol. The quantitative estimate of drug-likeness (QED) is 0.160. The Bertz CT molecular complexity index is 1220. The van der Waals surface area contributed by atoms with Crippen molar-refractivity contribution in [1.82, 2.24) is 0 Å². The zero-order valence-electron chi connectivity index (χ0n) is 22.8. The minimum atomic E-state index is -2.47. The van der Waals surface area contributed by atoms with Crippen LogP contribution in [0, 0.1) is 0 Å². The Balaban J connectivity index is 0.000000239. The van der Waals surface area contributed by atoms with Crippen molar-refractivity contribution >= 4 is 37.6 Å². The van der Waals surface area contributed by atoms with Gasteiger partial charge in [-0.05, 0) is 66.1 Å². The molecule has 39 heavy (non-hydrogen) atoms. The lowest BCUT2D eigenvalue weighted by molar-refractivity contribution is 0.124. The summed E-state index contributed by atoms with van der Waals surface area (Å²) < 4.78 is 16.2. The summed E-state index contributed by atoms with van der Waals surface area (Å²) in [6.07, 6.45) is 5.08. The van der Waals surface area contributed by atoms with Gasteiger partial charge in [-0.3, -0.25) is 0 Å². The third-order valence-corrected chi connectivity index (χ3v) is 8.80. The van der Waals surface area contributed by atoms with Gasteiger partial charge in [0.25, 0.3) is 0 Å². The molecular formula is C32H38N2O4Si. The fraction of sp³-hybridized carbons (Fsp3) is 0.188. The van der Waals surface area contributed by atoms with E-state index in [-0.39, 0.29) is 6.61 Å². The van der Waals surface area contributed by atoms with Crippen LogP contribution in [0.15, 0.2) is 115 Å². The summed E-state index contributed by atoms with van der Waals surface area (Å²) in [5, 5.41) is 15.5. The number of hydrogen-bond acceptors (Lipinski definition) is 6. The van der Waals surface area contributed by atoms with Crippen LogP contribution in [-0.4, -0.2) is 35.2 Å². The van der Waals surface area contributed by atoms with Crippen LogP contribution in [0.4, 0.5) is 22.7 Å². The van der Waals surface area contributed by atoms with Crippen LogP contribution in [-0.2, 0) is 19.9 Å². The van der Waals surface area contributed by atoms with E-state index in [0.29, 0.717) is 0 Å². The number of aliphatic hydroxyl groups excluding tert-OH is 1. The first kappa shape index (κ1) is 29.8. The summed E-state index contributed by atoms with van der Waals surface area (Å²) in [5.41, 5.74) is 6.33. The molecule has 0 fully saturated rings. The molecule has 4 rings (SSSR count). The Hall–Kier alpha value is -3.72. The summed E-state index contributed by atoms with van der Waals surface area (Å²) >= 11 is 0. The Labute approximate surface area is 233 Å². The molecule has 4 aromatic rings. The fourth-order valence-electron chi connectivity index (χ4n) is 3.78. The molecule has 0 bridgehead atoms. The lowest BCUT2D eigenvalue weighted by atomic mass is 10.2. The number of para-hydroxylation sites is 2. The first-order valence-electron chi connectivity index (χ1n) is 12.9. The Kier molecular flexibility index (Phi) is 12.5. The predicted molar refractivity (Wildman–Crippen MR) is 163 cm³/mol. The van der Waals surface area contributed by atoms with E-state index in [1.165, 1.54) is 0 Å². The third kappa shape index (κ3) is 10.2. The highest BCUT2D eigenvalue weighted by molar-refractivity contribution is 6.60. The molecule has 0 aliphatic carbocycles. The second-order valence-electron chi connectivity index (χ2n) is 8.70. The average Bonchev–Trinajstić information content (AvgIpc) is 3.00. The summed E-state index contributed by atoms with van der Waals surface area (Å²) in [7, 11) is 2.45. The summed E-state index contributed by atoms with van der Waals surface area (Å²) in [5.74, 6) is 0. The molecule has 0 aliphatic rings. The van der Waals surface area contributed by atoms with Crippen molar-refractivity contribution in [3.8, 4) is 0 Å². The number of anilines is 4. The van der Waals surface area contributed by atoms with Crippen molar-refractivity contribution in [2.45, 2.75) is 19.1 Å². The number of hydrogen-bond donors (Lipinski definition) is 3. The van der Waals surface area contributed by atoms with Gasteiger partial charge in [0.15, 0.2) is 0 Å². The minimum absolute atomic E-state index is 0.0889. The maximum Gasteiger partial charge on any atom is 0.500 e. The van der Waals surface area contributed by atoms with Crippen LogP contribution in [0.3, 0.4) is 0 Å². The summed E-state index contributed by atoms with van der Waals surface area (Å²) in [6.45, 7) is 0.0889. The van der Waals surface area contributed by atoms with Crippen LogP contribution in [0.5, 0.6) is 0 Å². The zero-order valence-corrected chi connectivity index (χ0v) is 23.8. The maximum absolute atomic E-state index is 8.90. The van der Waals surface area contributed by atoms with Crippen molar-refractivity contribution < 1.29 is 18.4 Å². The van der Waals surface area contributed by atoms with Crippen molar-refractivity contribution in [3.05, 3.63) is 126 Å². The van der Waals surface area contributed by atoms with Gasteiger partial charge in [-0.25, -0.2) is 0 Å². The second kappa shape index (κ2) is 16.3. The maximum atomic E-state index is 8.90. The number of rotatable bonds is 12. The standard InChI is InChI=1S/C19H25NO3Si.C13H13NO/c1-21-24(22-2,23-3)16-8-7-9-17-12-14-19(15-13-17)20-18-10-5-4-6-11-18;15-10-11-6-8-13(9-7-11)14-12-4-2-1-3-5-12/h4-7,9-15,20H,8,16H2,1-3H3;1-9,14-15H,10H2. The van der Waals surface area contributed by atoms with E-state index in [1.54, 1.807) is 21.3 Å². The third-order valence-electron chi connectivity index (χ3n) is 6.03. The number of benzene rings is 4. The lowest BCUT2D eigenvalue weighted by Gasteiger charge is -2.23. The van der Waals surface area contributed by atoms with Gasteiger partial charge in [-0.1, -0.05) is 72.8 Å². The van der Waals surface area contributed by atoms with E-state index in [2.05, 4.69) is 47.1 Å². The van der Waals surface area contributed by atoms with Crippen LogP contribution in [0.2, 0.25) is 6.04 Å². The molecule has 0 unspecified atom stereocenters. The smallest absolute Gasteiger partial charge is 0.392 e. The fourth-order valence-corrected chi connectivity index (χ4v) is 5.42. The van der Waals surface area contributed by atoms with E-state index in [0.717, 1.165) is 46.3 Å². The highest BCUT2D eigenvalue weighted by Crippen LogP contribution is 2.19. The molecule has 0 saturated heterocycles. The summed E-state index contributed by atoms with van der Waals surface area (Å²) in [6, 6.07) is 37.0. The van der Waals surface area contributed by atoms with Gasteiger partial charge >= 0.3 is 8.80 Å². The van der Waals surface area contributed by atoms with Crippen LogP contribution < -0.4 is 10.6 Å². The molecular weight excluding hydrogens is 504 g/mol. The highest BCUT2D eigenvalue weighted by Gasteiger charge is 2.36. The SMILES string of the molecule is CO[Si](CCC=Cc1ccc(Nc2ccccc2)cc1)(OC)OC.OCc1ccc(Nc2ccccc2)cc1. The normalized spacial score (nSPS) is 11.1. The van der Waals surface area contributed by atoms with E-state index >= 15 is 0 Å². The minimum Gasteiger partial charge on any atom is -0.392 e. The lowest BCUT2D eigenvalue weighted by Crippen LogP contribution is -2.42. The molecule has 3 N–H and O–H groups in total. The molecule has 4 aromatic carbocycles. The Morgan fingerprint density at radius 2 is 1.05 bits per heavy atom. The number of aliphatic hydroxyl groups is 1. The summed E-state index contributed by atoms with van der Waals surface area (Å²) in [4.78, 5) is 0. The van der Waals surface area contributed by atoms with Crippen molar-refractivity contribution in [2.75, 3.05) is 32.0 Å². The van der Waals surface area contributed by atoms with E-state index < -0.39 is 8.80 Å². The first-order chi connectivity index (χ1) is 19.1. The van der Waals surface area contributed by atoms with Crippen molar-refractivity contribution in [1.29, 1.82) is 0 Å². The molecule has 6 nitrogen and oxygen atoms in total. The molecule has 0 aliphatic heterocycles. The zero-order chi connectivity index (χ0) is 27.8. The second-order valence-corrected chi connectivity index (χ2v) is 11.8. The van der Waals surface area contributed by atoms with Gasteiger partial charge in [0.2, 0.25) is 0 Å². The van der Waals surface area contributed by atoms with E-state index in [9.17, 15) is 0 Å². The van der Waals surface area contributed by atoms with Gasteiger partial charge in [0.05, 0.1) is 6.61 Å². The van der Waals surface area contributed by atoms with Crippen molar-refractivity contribution in [2.24, 2.45) is 0 Å².